The SMILES string of the molecule is O=C(c1cccc(-n2cccc2)c1)N1CCCC2(C1)OCCO2. The Hall–Kier alpha value is -2.11. The van der Waals surface area contributed by atoms with Crippen molar-refractivity contribution in [2.45, 2.75) is 18.6 Å². The molecule has 120 valence electrons. The number of piperidine rings is 1. The van der Waals surface area contributed by atoms with E-state index in [0.29, 0.717) is 25.3 Å². The van der Waals surface area contributed by atoms with E-state index in [0.717, 1.165) is 25.1 Å². The Labute approximate surface area is 135 Å². The molecule has 5 heteroatoms. The van der Waals surface area contributed by atoms with Gasteiger partial charge in [-0.2, -0.15) is 0 Å². The van der Waals surface area contributed by atoms with Gasteiger partial charge in [-0.05, 0) is 36.8 Å². The largest absolute Gasteiger partial charge is 0.346 e. The Balaban J connectivity index is 1.56. The first-order valence-corrected chi connectivity index (χ1v) is 8.06. The van der Waals surface area contributed by atoms with Crippen molar-refractivity contribution in [1.29, 1.82) is 0 Å². The molecule has 0 saturated carbocycles. The van der Waals surface area contributed by atoms with Gasteiger partial charge in [0, 0.05) is 36.6 Å². The van der Waals surface area contributed by atoms with Crippen LogP contribution in [0.25, 0.3) is 5.69 Å². The Morgan fingerprint density at radius 2 is 1.87 bits per heavy atom. The smallest absolute Gasteiger partial charge is 0.254 e. The van der Waals surface area contributed by atoms with Crippen LogP contribution in [0, 0.1) is 0 Å². The number of nitrogens with zero attached hydrogens (tertiary/aromatic N) is 2. The van der Waals surface area contributed by atoms with E-state index in [1.807, 2.05) is 58.3 Å². The molecule has 2 saturated heterocycles. The van der Waals surface area contributed by atoms with Crippen molar-refractivity contribution < 1.29 is 14.3 Å². The van der Waals surface area contributed by atoms with Crippen LogP contribution in [-0.2, 0) is 9.47 Å². The molecule has 0 bridgehead atoms. The number of rotatable bonds is 2. The van der Waals surface area contributed by atoms with Gasteiger partial charge in [-0.3, -0.25) is 4.79 Å². The van der Waals surface area contributed by atoms with Crippen LogP contribution in [0.2, 0.25) is 0 Å². The zero-order valence-electron chi connectivity index (χ0n) is 13.0. The molecule has 3 heterocycles. The molecule has 1 spiro atoms. The summed E-state index contributed by atoms with van der Waals surface area (Å²) in [6.45, 7) is 2.50. The van der Waals surface area contributed by atoms with Gasteiger partial charge in [0.2, 0.25) is 0 Å². The Kier molecular flexibility index (Phi) is 3.67. The zero-order chi connectivity index (χ0) is 15.7. The first-order valence-electron chi connectivity index (χ1n) is 8.06. The van der Waals surface area contributed by atoms with Gasteiger partial charge in [0.25, 0.3) is 5.91 Å². The summed E-state index contributed by atoms with van der Waals surface area (Å²) in [5, 5.41) is 0. The van der Waals surface area contributed by atoms with Gasteiger partial charge < -0.3 is 18.9 Å². The minimum atomic E-state index is -0.577. The number of ether oxygens (including phenoxy) is 2. The van der Waals surface area contributed by atoms with E-state index in [9.17, 15) is 4.79 Å². The molecule has 2 fully saturated rings. The molecule has 1 aromatic carbocycles. The van der Waals surface area contributed by atoms with Crippen molar-refractivity contribution in [3.8, 4) is 5.69 Å². The van der Waals surface area contributed by atoms with E-state index in [4.69, 9.17) is 9.47 Å². The third kappa shape index (κ3) is 2.78. The summed E-state index contributed by atoms with van der Waals surface area (Å²) in [5.41, 5.74) is 1.69. The molecular weight excluding hydrogens is 292 g/mol. The Morgan fingerprint density at radius 3 is 2.65 bits per heavy atom. The number of hydrogen-bond acceptors (Lipinski definition) is 3. The number of carbonyl (C=O) groups is 1. The van der Waals surface area contributed by atoms with Crippen LogP contribution in [0.4, 0.5) is 0 Å². The summed E-state index contributed by atoms with van der Waals surface area (Å²) < 4.78 is 13.5. The van der Waals surface area contributed by atoms with E-state index in [-0.39, 0.29) is 5.91 Å². The minimum absolute atomic E-state index is 0.0391. The van der Waals surface area contributed by atoms with Crippen LogP contribution in [0.1, 0.15) is 23.2 Å². The normalized spacial score (nSPS) is 20.1. The topological polar surface area (TPSA) is 43.7 Å². The fraction of sp³-hybridized carbons (Fsp3) is 0.389. The lowest BCUT2D eigenvalue weighted by Gasteiger charge is -2.38. The molecule has 0 unspecified atom stereocenters. The predicted molar refractivity (Wildman–Crippen MR) is 85.5 cm³/mol. The van der Waals surface area contributed by atoms with Gasteiger partial charge in [-0.25, -0.2) is 0 Å². The third-order valence-electron chi connectivity index (χ3n) is 4.51. The van der Waals surface area contributed by atoms with Crippen LogP contribution in [0.3, 0.4) is 0 Å². The van der Waals surface area contributed by atoms with Crippen molar-refractivity contribution in [2.24, 2.45) is 0 Å². The lowest BCUT2D eigenvalue weighted by molar-refractivity contribution is -0.183. The predicted octanol–water partition coefficient (Wildman–Crippen LogP) is 2.46. The highest BCUT2D eigenvalue weighted by Gasteiger charge is 2.42. The second kappa shape index (κ2) is 5.83. The summed E-state index contributed by atoms with van der Waals surface area (Å²) in [6.07, 6.45) is 5.71. The lowest BCUT2D eigenvalue weighted by Crippen LogP contribution is -2.51. The third-order valence-corrected chi connectivity index (χ3v) is 4.51. The second-order valence-corrected chi connectivity index (χ2v) is 6.08. The fourth-order valence-corrected chi connectivity index (χ4v) is 3.38. The van der Waals surface area contributed by atoms with Gasteiger partial charge in [-0.15, -0.1) is 0 Å². The summed E-state index contributed by atoms with van der Waals surface area (Å²) in [4.78, 5) is 14.7. The van der Waals surface area contributed by atoms with E-state index in [1.54, 1.807) is 0 Å². The van der Waals surface area contributed by atoms with Crippen molar-refractivity contribution in [3.05, 3.63) is 54.4 Å². The molecule has 0 N–H and O–H groups in total. The van der Waals surface area contributed by atoms with Crippen molar-refractivity contribution >= 4 is 5.91 Å². The quantitative estimate of drug-likeness (QED) is 0.855. The highest BCUT2D eigenvalue weighted by Crippen LogP contribution is 2.30. The molecule has 2 aliphatic rings. The molecule has 1 amide bonds. The minimum Gasteiger partial charge on any atom is -0.346 e. The molecule has 0 radical (unpaired) electrons. The molecule has 0 atom stereocenters. The number of likely N-dealkylation sites (tertiary alicyclic amines) is 1. The number of hydrogen-bond donors (Lipinski definition) is 0. The lowest BCUT2D eigenvalue weighted by atomic mass is 10.0. The highest BCUT2D eigenvalue weighted by atomic mass is 16.7. The number of carbonyl (C=O) groups excluding carboxylic acids is 1. The zero-order valence-corrected chi connectivity index (χ0v) is 13.0. The van der Waals surface area contributed by atoms with E-state index in [1.165, 1.54) is 0 Å². The summed E-state index contributed by atoms with van der Waals surface area (Å²) in [5.74, 6) is -0.538. The van der Waals surface area contributed by atoms with Crippen LogP contribution in [0.5, 0.6) is 0 Å². The molecule has 23 heavy (non-hydrogen) atoms. The van der Waals surface area contributed by atoms with E-state index < -0.39 is 5.79 Å². The molecule has 5 nitrogen and oxygen atoms in total. The number of benzene rings is 1. The van der Waals surface area contributed by atoms with E-state index in [2.05, 4.69) is 0 Å². The maximum absolute atomic E-state index is 12.9. The monoisotopic (exact) mass is 312 g/mol. The van der Waals surface area contributed by atoms with Gasteiger partial charge >= 0.3 is 0 Å². The average molecular weight is 312 g/mol. The van der Waals surface area contributed by atoms with Gasteiger partial charge in [-0.1, -0.05) is 6.07 Å². The fourth-order valence-electron chi connectivity index (χ4n) is 3.38. The summed E-state index contributed by atoms with van der Waals surface area (Å²) in [7, 11) is 0. The molecule has 2 aromatic rings. The second-order valence-electron chi connectivity index (χ2n) is 6.08. The molecular formula is C18H20N2O3. The van der Waals surface area contributed by atoms with Gasteiger partial charge in [0.15, 0.2) is 5.79 Å². The Morgan fingerprint density at radius 1 is 1.09 bits per heavy atom. The number of amides is 1. The highest BCUT2D eigenvalue weighted by molar-refractivity contribution is 5.94. The van der Waals surface area contributed by atoms with Gasteiger partial charge in [0.05, 0.1) is 19.8 Å². The maximum Gasteiger partial charge on any atom is 0.254 e. The molecule has 2 aliphatic heterocycles. The maximum atomic E-state index is 12.9. The van der Waals surface area contributed by atoms with E-state index >= 15 is 0 Å². The van der Waals surface area contributed by atoms with Crippen LogP contribution in [-0.4, -0.2) is 47.5 Å². The Bertz CT molecular complexity index is 690. The molecule has 1 aromatic heterocycles. The van der Waals surface area contributed by atoms with Crippen molar-refractivity contribution in [1.82, 2.24) is 9.47 Å². The summed E-state index contributed by atoms with van der Waals surface area (Å²) in [6, 6.07) is 11.7. The van der Waals surface area contributed by atoms with Gasteiger partial charge in [0.1, 0.15) is 0 Å². The van der Waals surface area contributed by atoms with Crippen LogP contribution in [0.15, 0.2) is 48.8 Å². The van der Waals surface area contributed by atoms with Crippen molar-refractivity contribution in [2.75, 3.05) is 26.3 Å². The standard InChI is InChI=1S/C18H20N2O3/c21-17(20-10-4-7-18(14-20)22-11-12-23-18)15-5-3-6-16(13-15)19-8-1-2-9-19/h1-3,5-6,8-9,13H,4,7,10-12,14H2. The van der Waals surface area contributed by atoms with Crippen LogP contribution < -0.4 is 0 Å². The first kappa shape index (κ1) is 14.5. The average Bonchev–Trinajstić information content (AvgIpc) is 3.27. The molecule has 4 rings (SSSR count). The number of aromatic nitrogens is 1. The van der Waals surface area contributed by atoms with Crippen LogP contribution >= 0.6 is 0 Å². The summed E-state index contributed by atoms with van der Waals surface area (Å²) >= 11 is 0. The first-order chi connectivity index (χ1) is 11.3. The van der Waals surface area contributed by atoms with Crippen molar-refractivity contribution in [3.63, 3.8) is 0 Å². The molecule has 0 aliphatic carbocycles.